The van der Waals surface area contributed by atoms with Crippen molar-refractivity contribution in [1.82, 2.24) is 59.8 Å². The average Bonchev–Trinajstić information content (AvgIpc) is 0.760. The molecule has 0 N–H and O–H groups in total. The van der Waals surface area contributed by atoms with Gasteiger partial charge in [-0.2, -0.15) is 0 Å². The third-order valence-corrected chi connectivity index (χ3v) is 17.9. The predicted molar refractivity (Wildman–Crippen MR) is 395 cm³/mol. The number of aromatic nitrogens is 12. The molecule has 4 heterocycles. The summed E-state index contributed by atoms with van der Waals surface area (Å²) in [5, 5.41) is 0. The van der Waals surface area contributed by atoms with Gasteiger partial charge in [0.25, 0.3) is 0 Å². The Balaban J connectivity index is 0.825. The van der Waals surface area contributed by atoms with Gasteiger partial charge in [-0.1, -0.05) is 257 Å². The molecule has 468 valence electrons. The van der Waals surface area contributed by atoms with Gasteiger partial charge in [0.05, 0.1) is 0 Å². The molecule has 99 heavy (non-hydrogen) atoms. The van der Waals surface area contributed by atoms with Crippen molar-refractivity contribution in [3.8, 4) is 158 Å². The Morgan fingerprint density at radius 3 is 0.626 bits per heavy atom. The summed E-state index contributed by atoms with van der Waals surface area (Å²) >= 11 is 0. The van der Waals surface area contributed by atoms with E-state index in [-0.39, 0.29) is 0 Å². The topological polar surface area (TPSA) is 155 Å². The molecule has 16 aromatic rings. The van der Waals surface area contributed by atoms with Crippen molar-refractivity contribution in [2.45, 2.75) is 19.3 Å². The molecule has 12 aromatic carbocycles. The van der Waals surface area contributed by atoms with E-state index in [0.29, 0.717) is 46.6 Å². The van der Waals surface area contributed by atoms with E-state index in [1.165, 1.54) is 0 Å². The van der Waals surface area contributed by atoms with Gasteiger partial charge in [0.15, 0.2) is 46.6 Å². The molecule has 0 aliphatic rings. The highest BCUT2D eigenvalue weighted by molar-refractivity contribution is 5.88. The second kappa shape index (κ2) is 26.8. The Morgan fingerprint density at radius 2 is 0.364 bits per heavy atom. The van der Waals surface area contributed by atoms with Gasteiger partial charge in [0, 0.05) is 49.9 Å². The van der Waals surface area contributed by atoms with E-state index in [4.69, 9.17) is 39.9 Å². The summed E-state index contributed by atoms with van der Waals surface area (Å²) in [6.07, 6.45) is 6.35. The van der Waals surface area contributed by atoms with Crippen molar-refractivity contribution in [1.29, 1.82) is 0 Å². The zero-order valence-electron chi connectivity index (χ0n) is 54.0. The standard InChI is InChI=1S/C87H60N12/c1-87(2,77-41-17-15-39-75(77)73-49-69(61-31-19-35-65(43-61)83-92-53-88-79(96-83)57-23-7-3-8-24-57)47-70(50-73)62-32-20-36-66(44-62)84-93-54-89-80(97-84)58-25-9-4-10-26-58)78-42-18-16-40-76(78)74-51-71(63-33-21-37-67(45-63)85-94-55-90-81(98-85)59-27-11-5-12-28-59)48-72(52-74)64-34-22-38-68(46-64)86-95-56-91-82(99-86)60-29-13-6-14-30-60/h3-56H,1-2H3. The summed E-state index contributed by atoms with van der Waals surface area (Å²) < 4.78 is 0. The smallest absolute Gasteiger partial charge is 0.163 e. The Morgan fingerprint density at radius 1 is 0.172 bits per heavy atom. The monoisotopic (exact) mass is 1270 g/mol. The van der Waals surface area contributed by atoms with Crippen LogP contribution in [0.25, 0.3) is 158 Å². The third kappa shape index (κ3) is 12.8. The van der Waals surface area contributed by atoms with Crippen LogP contribution < -0.4 is 0 Å². The summed E-state index contributed by atoms with van der Waals surface area (Å²) in [4.78, 5) is 57.0. The lowest BCUT2D eigenvalue weighted by Gasteiger charge is -2.31. The van der Waals surface area contributed by atoms with Crippen molar-refractivity contribution >= 4 is 0 Å². The Labute approximate surface area is 573 Å². The second-order valence-corrected chi connectivity index (χ2v) is 24.6. The van der Waals surface area contributed by atoms with E-state index < -0.39 is 5.41 Å². The first-order valence-electron chi connectivity index (χ1n) is 32.7. The van der Waals surface area contributed by atoms with Crippen LogP contribution in [0.3, 0.4) is 0 Å². The minimum Gasteiger partial charge on any atom is -0.217 e. The predicted octanol–water partition coefficient (Wildman–Crippen LogP) is 20.1. The lowest BCUT2D eigenvalue weighted by molar-refractivity contribution is 0.644. The van der Waals surface area contributed by atoms with Gasteiger partial charge in [0.1, 0.15) is 25.3 Å². The summed E-state index contributed by atoms with van der Waals surface area (Å²) in [5.41, 5.74) is 21.2. The maximum atomic E-state index is 4.98. The lowest BCUT2D eigenvalue weighted by atomic mass is 9.72. The molecule has 0 unspecified atom stereocenters. The molecule has 0 bridgehead atoms. The fourth-order valence-corrected chi connectivity index (χ4v) is 12.9. The molecule has 16 rings (SSSR count). The average molecular weight is 1270 g/mol. The molecule has 12 nitrogen and oxygen atoms in total. The first-order chi connectivity index (χ1) is 48.8. The van der Waals surface area contributed by atoms with E-state index in [1.807, 2.05) is 121 Å². The van der Waals surface area contributed by atoms with Gasteiger partial charge in [-0.3, -0.25) is 0 Å². The summed E-state index contributed by atoms with van der Waals surface area (Å²) in [7, 11) is 0. The van der Waals surface area contributed by atoms with Gasteiger partial charge >= 0.3 is 0 Å². The van der Waals surface area contributed by atoms with Gasteiger partial charge < -0.3 is 0 Å². The molecule has 0 aliphatic heterocycles. The molecule has 0 radical (unpaired) electrons. The third-order valence-electron chi connectivity index (χ3n) is 17.9. The van der Waals surface area contributed by atoms with Crippen LogP contribution >= 0.6 is 0 Å². The molecular formula is C87H60N12. The zero-order chi connectivity index (χ0) is 66.5. The van der Waals surface area contributed by atoms with Crippen LogP contribution in [0, 0.1) is 0 Å². The van der Waals surface area contributed by atoms with Crippen molar-refractivity contribution in [2.75, 3.05) is 0 Å². The number of hydrogen-bond donors (Lipinski definition) is 0. The number of benzene rings is 12. The normalized spacial score (nSPS) is 11.3. The molecule has 4 aromatic heterocycles. The van der Waals surface area contributed by atoms with E-state index in [0.717, 1.165) is 122 Å². The van der Waals surface area contributed by atoms with Gasteiger partial charge in [0.2, 0.25) is 0 Å². The Hall–Kier alpha value is -13.3. The lowest BCUT2D eigenvalue weighted by Crippen LogP contribution is -2.21. The molecule has 0 amide bonds. The largest absolute Gasteiger partial charge is 0.217 e. The summed E-state index contributed by atoms with van der Waals surface area (Å²) in [6, 6.07) is 105. The van der Waals surface area contributed by atoms with Crippen LogP contribution in [0.1, 0.15) is 25.0 Å². The fraction of sp³-hybridized carbons (Fsp3) is 0.0345. The molecule has 0 atom stereocenters. The van der Waals surface area contributed by atoms with Gasteiger partial charge in [-0.05, 0) is 139 Å². The minimum absolute atomic E-state index is 0.585. The highest BCUT2D eigenvalue weighted by atomic mass is 15.0. The Bertz CT molecular complexity index is 4980. The molecule has 0 fully saturated rings. The number of rotatable bonds is 16. The van der Waals surface area contributed by atoms with E-state index in [2.05, 4.69) is 216 Å². The molecule has 0 saturated carbocycles. The van der Waals surface area contributed by atoms with E-state index in [9.17, 15) is 0 Å². The molecule has 12 heteroatoms. The van der Waals surface area contributed by atoms with Crippen LogP contribution in [0.2, 0.25) is 0 Å². The van der Waals surface area contributed by atoms with E-state index in [1.54, 1.807) is 25.3 Å². The molecule has 0 aliphatic carbocycles. The number of nitrogens with zero attached hydrogens (tertiary/aromatic N) is 12. The van der Waals surface area contributed by atoms with Crippen molar-refractivity contribution in [2.24, 2.45) is 0 Å². The van der Waals surface area contributed by atoms with Crippen LogP contribution in [-0.4, -0.2) is 59.8 Å². The Kier molecular flexibility index (Phi) is 16.4. The SMILES string of the molecule is CC(C)(c1ccccc1-c1cc(-c2cccc(-c3ncnc(-c4ccccc4)n3)c2)cc(-c2cccc(-c3ncnc(-c4ccccc4)n3)c2)c1)c1ccccc1-c1cc(-c2cccc(-c3ncnc(-c4ccccc4)n3)c2)cc(-c2cccc(-c3ncnc(-c4ccccc4)n3)c2)c1. The van der Waals surface area contributed by atoms with E-state index >= 15 is 0 Å². The van der Waals surface area contributed by atoms with Crippen molar-refractivity contribution in [3.63, 3.8) is 0 Å². The van der Waals surface area contributed by atoms with Crippen LogP contribution in [0.5, 0.6) is 0 Å². The minimum atomic E-state index is -0.590. The van der Waals surface area contributed by atoms with Gasteiger partial charge in [-0.25, -0.2) is 59.8 Å². The number of hydrogen-bond acceptors (Lipinski definition) is 12. The fourth-order valence-electron chi connectivity index (χ4n) is 12.9. The van der Waals surface area contributed by atoms with Crippen molar-refractivity contribution in [3.05, 3.63) is 340 Å². The molecule has 0 saturated heterocycles. The zero-order valence-corrected chi connectivity index (χ0v) is 54.0. The summed E-state index contributed by atoms with van der Waals surface area (Å²) in [5.74, 6) is 4.78. The maximum absolute atomic E-state index is 4.98. The quantitative estimate of drug-likeness (QED) is 0.0904. The van der Waals surface area contributed by atoms with Crippen LogP contribution in [0.4, 0.5) is 0 Å². The highest BCUT2D eigenvalue weighted by Gasteiger charge is 2.30. The molecular weight excluding hydrogens is 1210 g/mol. The first kappa shape index (κ1) is 60.6. The second-order valence-electron chi connectivity index (χ2n) is 24.6. The van der Waals surface area contributed by atoms with Crippen LogP contribution in [-0.2, 0) is 5.41 Å². The molecule has 0 spiro atoms. The highest BCUT2D eigenvalue weighted by Crippen LogP contribution is 2.46. The maximum Gasteiger partial charge on any atom is 0.163 e. The van der Waals surface area contributed by atoms with Gasteiger partial charge in [-0.15, -0.1) is 0 Å². The summed E-state index contributed by atoms with van der Waals surface area (Å²) in [6.45, 7) is 4.68. The van der Waals surface area contributed by atoms with Crippen LogP contribution in [0.15, 0.2) is 329 Å². The van der Waals surface area contributed by atoms with Crippen molar-refractivity contribution < 1.29 is 0 Å². The first-order valence-corrected chi connectivity index (χ1v) is 32.7.